The Balaban J connectivity index is 2.30. The van der Waals surface area contributed by atoms with Crippen LogP contribution in [0.4, 0.5) is 0 Å². The molecule has 2 heterocycles. The summed E-state index contributed by atoms with van der Waals surface area (Å²) in [5, 5.41) is 21.6. The van der Waals surface area contributed by atoms with Crippen LogP contribution in [0.5, 0.6) is 0 Å². The van der Waals surface area contributed by atoms with Gasteiger partial charge in [-0.15, -0.1) is 0 Å². The molecule has 6 heteroatoms. The zero-order chi connectivity index (χ0) is 12.1. The van der Waals surface area contributed by atoms with Crippen molar-refractivity contribution in [2.24, 2.45) is 0 Å². The zero-order valence-electron chi connectivity index (χ0n) is 8.98. The Bertz CT molecular complexity index is 547. The van der Waals surface area contributed by atoms with Gasteiger partial charge >= 0.3 is 0 Å². The average molecular weight is 228 g/mol. The van der Waals surface area contributed by atoms with Crippen LogP contribution < -0.4 is 4.68 Å². The second-order valence-corrected chi connectivity index (χ2v) is 3.28. The molecule has 0 spiro atoms. The van der Waals surface area contributed by atoms with Crippen LogP contribution in [-0.4, -0.2) is 26.8 Å². The molecule has 0 unspecified atom stereocenters. The smallest absolute Gasteiger partial charge is 0.197 e. The highest BCUT2D eigenvalue weighted by molar-refractivity contribution is 5.52. The summed E-state index contributed by atoms with van der Waals surface area (Å²) < 4.78 is 1.61. The predicted molar refractivity (Wildman–Crippen MR) is 57.3 cm³/mol. The van der Waals surface area contributed by atoms with Gasteiger partial charge in [0.1, 0.15) is 24.6 Å². The second-order valence-electron chi connectivity index (χ2n) is 3.28. The highest BCUT2D eigenvalue weighted by Crippen LogP contribution is 2.10. The fourth-order valence-electron chi connectivity index (χ4n) is 1.31. The van der Waals surface area contributed by atoms with E-state index in [9.17, 15) is 0 Å². The number of hydrogen-bond donors (Lipinski definition) is 1. The lowest BCUT2D eigenvalue weighted by molar-refractivity contribution is -0.754. The van der Waals surface area contributed by atoms with E-state index in [1.807, 2.05) is 6.07 Å². The van der Waals surface area contributed by atoms with Crippen LogP contribution in [-0.2, 0) is 6.54 Å². The van der Waals surface area contributed by atoms with Crippen molar-refractivity contribution < 1.29 is 9.79 Å². The van der Waals surface area contributed by atoms with Crippen LogP contribution >= 0.6 is 0 Å². The van der Waals surface area contributed by atoms with E-state index >= 15 is 0 Å². The Morgan fingerprint density at radius 2 is 2.29 bits per heavy atom. The Labute approximate surface area is 97.8 Å². The molecule has 0 aromatic carbocycles. The summed E-state index contributed by atoms with van der Waals surface area (Å²) in [6.45, 7) is 0.483. The fourth-order valence-corrected chi connectivity index (χ4v) is 1.31. The zero-order valence-corrected chi connectivity index (χ0v) is 8.98. The van der Waals surface area contributed by atoms with Gasteiger partial charge in [0.25, 0.3) is 0 Å². The molecule has 2 rings (SSSR count). The van der Waals surface area contributed by atoms with Crippen molar-refractivity contribution in [3.8, 4) is 17.5 Å². The standard InChI is InChI=1S/C11H10N5O/c12-7-10-1-3-13-11(15-10)9-2-4-16(5-6-17)14-8-9/h1-4,8,17H,5-6H2/q+1. The maximum absolute atomic E-state index is 8.75. The molecule has 0 amide bonds. The van der Waals surface area contributed by atoms with Gasteiger partial charge < -0.3 is 5.11 Å². The third-order valence-corrected chi connectivity index (χ3v) is 2.13. The van der Waals surface area contributed by atoms with E-state index in [0.717, 1.165) is 5.56 Å². The molecule has 17 heavy (non-hydrogen) atoms. The van der Waals surface area contributed by atoms with Crippen molar-refractivity contribution in [1.82, 2.24) is 15.1 Å². The first-order valence-electron chi connectivity index (χ1n) is 5.03. The molecule has 2 aromatic rings. The summed E-state index contributed by atoms with van der Waals surface area (Å²) in [6, 6.07) is 5.30. The van der Waals surface area contributed by atoms with Crippen LogP contribution in [0.25, 0.3) is 11.4 Å². The van der Waals surface area contributed by atoms with E-state index in [4.69, 9.17) is 10.4 Å². The van der Waals surface area contributed by atoms with Crippen molar-refractivity contribution in [3.63, 3.8) is 0 Å². The van der Waals surface area contributed by atoms with Crippen molar-refractivity contribution in [3.05, 3.63) is 36.4 Å². The molecule has 84 valence electrons. The topological polar surface area (TPSA) is 86.6 Å². The summed E-state index contributed by atoms with van der Waals surface area (Å²) in [6.07, 6.45) is 4.87. The van der Waals surface area contributed by atoms with Crippen LogP contribution in [0.2, 0.25) is 0 Å². The van der Waals surface area contributed by atoms with E-state index in [1.165, 1.54) is 6.20 Å². The summed E-state index contributed by atoms with van der Waals surface area (Å²) in [5.41, 5.74) is 1.05. The number of aromatic nitrogens is 4. The maximum atomic E-state index is 8.75. The SMILES string of the molecule is N#Cc1ccnc(-c2cc[n+](CCO)nc2)n1. The minimum Gasteiger partial charge on any atom is -0.390 e. The molecule has 0 saturated heterocycles. The average Bonchev–Trinajstić information content (AvgIpc) is 2.40. The lowest BCUT2D eigenvalue weighted by Gasteiger charge is -1.97. The number of rotatable bonds is 3. The Hall–Kier alpha value is -2.39. The van der Waals surface area contributed by atoms with Gasteiger partial charge in [0.15, 0.2) is 18.6 Å². The molecule has 0 radical (unpaired) electrons. The lowest BCUT2D eigenvalue weighted by Crippen LogP contribution is -2.38. The molecule has 0 saturated carbocycles. The van der Waals surface area contributed by atoms with Gasteiger partial charge in [-0.1, -0.05) is 4.68 Å². The number of hydrogen-bond acceptors (Lipinski definition) is 5. The molecular weight excluding hydrogens is 218 g/mol. The third-order valence-electron chi connectivity index (χ3n) is 2.13. The van der Waals surface area contributed by atoms with Crippen LogP contribution in [0, 0.1) is 11.3 Å². The molecule has 6 nitrogen and oxygen atoms in total. The van der Waals surface area contributed by atoms with E-state index in [2.05, 4.69) is 15.1 Å². The van der Waals surface area contributed by atoms with Crippen molar-refractivity contribution in [2.45, 2.75) is 6.54 Å². The molecule has 0 aliphatic carbocycles. The fraction of sp³-hybridized carbons (Fsp3) is 0.182. The Kier molecular flexibility index (Phi) is 3.33. The molecule has 0 aliphatic heterocycles. The largest absolute Gasteiger partial charge is 0.390 e. The molecule has 0 bridgehead atoms. The molecule has 0 aliphatic rings. The normalized spacial score (nSPS) is 9.88. The monoisotopic (exact) mass is 228 g/mol. The van der Waals surface area contributed by atoms with Crippen LogP contribution in [0.1, 0.15) is 5.69 Å². The number of nitriles is 1. The van der Waals surface area contributed by atoms with Gasteiger partial charge in [-0.3, -0.25) is 0 Å². The molecule has 0 atom stereocenters. The van der Waals surface area contributed by atoms with Crippen molar-refractivity contribution in [2.75, 3.05) is 6.61 Å². The number of nitrogens with zero attached hydrogens (tertiary/aromatic N) is 5. The second kappa shape index (κ2) is 5.09. The molecular formula is C11H10N5O+. The van der Waals surface area contributed by atoms with Gasteiger partial charge in [0, 0.05) is 17.8 Å². The predicted octanol–water partition coefficient (Wildman–Crippen LogP) is -0.310. The van der Waals surface area contributed by atoms with E-state index in [1.54, 1.807) is 29.2 Å². The first-order chi connectivity index (χ1) is 8.33. The van der Waals surface area contributed by atoms with Crippen LogP contribution in [0.15, 0.2) is 30.7 Å². The van der Waals surface area contributed by atoms with Crippen LogP contribution in [0.3, 0.4) is 0 Å². The summed E-state index contributed by atoms with van der Waals surface area (Å²) in [5.74, 6) is 0.465. The Morgan fingerprint density at radius 1 is 1.41 bits per heavy atom. The third kappa shape index (κ3) is 2.59. The summed E-state index contributed by atoms with van der Waals surface area (Å²) >= 11 is 0. The van der Waals surface area contributed by atoms with Gasteiger partial charge in [0.2, 0.25) is 0 Å². The quantitative estimate of drug-likeness (QED) is 0.728. The lowest BCUT2D eigenvalue weighted by atomic mass is 10.3. The highest BCUT2D eigenvalue weighted by atomic mass is 16.3. The van der Waals surface area contributed by atoms with E-state index in [0.29, 0.717) is 18.1 Å². The summed E-state index contributed by atoms with van der Waals surface area (Å²) in [7, 11) is 0. The molecule has 0 fully saturated rings. The van der Waals surface area contributed by atoms with E-state index in [-0.39, 0.29) is 6.61 Å². The van der Waals surface area contributed by atoms with Crippen molar-refractivity contribution >= 4 is 0 Å². The number of aliphatic hydroxyl groups excluding tert-OH is 1. The van der Waals surface area contributed by atoms with Gasteiger partial charge in [0.05, 0.1) is 0 Å². The summed E-state index contributed by atoms with van der Waals surface area (Å²) in [4.78, 5) is 8.14. The minimum absolute atomic E-state index is 0.0391. The minimum atomic E-state index is 0.0391. The molecule has 2 aromatic heterocycles. The van der Waals surface area contributed by atoms with E-state index < -0.39 is 0 Å². The van der Waals surface area contributed by atoms with Crippen molar-refractivity contribution in [1.29, 1.82) is 5.26 Å². The highest BCUT2D eigenvalue weighted by Gasteiger charge is 2.06. The van der Waals surface area contributed by atoms with Gasteiger partial charge in [-0.25, -0.2) is 9.97 Å². The maximum Gasteiger partial charge on any atom is 0.197 e. The molecule has 1 N–H and O–H groups in total. The first kappa shape index (κ1) is 11.1. The van der Waals surface area contributed by atoms with Gasteiger partial charge in [-0.2, -0.15) is 5.26 Å². The van der Waals surface area contributed by atoms with Gasteiger partial charge in [-0.05, 0) is 11.2 Å². The Morgan fingerprint density at radius 3 is 2.94 bits per heavy atom. The number of aliphatic hydroxyl groups is 1. The first-order valence-corrected chi connectivity index (χ1v) is 5.03.